The minimum absolute atomic E-state index is 0.0301. The van der Waals surface area contributed by atoms with E-state index in [2.05, 4.69) is 290 Å². The average molecular weight is 1050 g/mol. The minimum atomic E-state index is -0.471. The fourth-order valence-electron chi connectivity index (χ4n) is 14.5. The molecule has 0 atom stereocenters. The second-order valence-electron chi connectivity index (χ2n) is 23.4. The van der Waals surface area contributed by atoms with Crippen LogP contribution in [0.2, 0.25) is 0 Å². The molecule has 388 valence electrons. The molecule has 0 fully saturated rings. The Labute approximate surface area is 475 Å². The SMILES string of the molecule is CC(C)(C)c1ccnc(-n2c3ccccc3c3ccc(Oc4cccc(N5Cn6c7c(-c8ccc9c(c8)C8(c%10ccccc%10-c%10ccccc%108)c8ccccc8-9)cccc7c7ccccc7c7ccccc7c7cccc5c76)c4)cc32)c1. The summed E-state index contributed by atoms with van der Waals surface area (Å²) >= 11 is 0. The van der Waals surface area contributed by atoms with Crippen molar-refractivity contribution in [2.75, 3.05) is 4.90 Å². The van der Waals surface area contributed by atoms with Crippen LogP contribution < -0.4 is 9.64 Å². The van der Waals surface area contributed by atoms with Gasteiger partial charge in [-0.05, 0) is 137 Å². The number of benzene rings is 11. The zero-order chi connectivity index (χ0) is 54.4. The van der Waals surface area contributed by atoms with Crippen molar-refractivity contribution in [2.24, 2.45) is 0 Å². The Morgan fingerprint density at radius 1 is 0.402 bits per heavy atom. The van der Waals surface area contributed by atoms with Crippen molar-refractivity contribution in [3.63, 3.8) is 0 Å². The topological polar surface area (TPSA) is 35.2 Å². The van der Waals surface area contributed by atoms with Gasteiger partial charge in [-0.3, -0.25) is 4.57 Å². The molecule has 17 rings (SSSR count). The predicted molar refractivity (Wildman–Crippen MR) is 340 cm³/mol. The minimum Gasteiger partial charge on any atom is -0.457 e. The number of pyridine rings is 1. The Kier molecular flexibility index (Phi) is 9.89. The molecule has 1 spiro atoms. The van der Waals surface area contributed by atoms with Gasteiger partial charge in [0, 0.05) is 51.1 Å². The molecule has 14 aromatic rings. The average Bonchev–Trinajstić information content (AvgIpc) is 3.54. The molecular formula is C77H54N4O. The zero-order valence-corrected chi connectivity index (χ0v) is 45.7. The molecule has 0 amide bonds. The van der Waals surface area contributed by atoms with Crippen LogP contribution in [0.25, 0.3) is 104 Å². The highest BCUT2D eigenvalue weighted by Crippen LogP contribution is 2.63. The van der Waals surface area contributed by atoms with E-state index in [9.17, 15) is 0 Å². The summed E-state index contributed by atoms with van der Waals surface area (Å²) in [5, 5.41) is 9.54. The van der Waals surface area contributed by atoms with Crippen molar-refractivity contribution < 1.29 is 4.74 Å². The monoisotopic (exact) mass is 1050 g/mol. The fraction of sp³-hybridized carbons (Fsp3) is 0.0779. The largest absolute Gasteiger partial charge is 0.457 e. The fourth-order valence-corrected chi connectivity index (χ4v) is 14.5. The quantitative estimate of drug-likeness (QED) is 0.172. The Morgan fingerprint density at radius 2 is 0.939 bits per heavy atom. The highest BCUT2D eigenvalue weighted by atomic mass is 16.5. The molecule has 3 aromatic heterocycles. The maximum Gasteiger partial charge on any atom is 0.137 e. The summed E-state index contributed by atoms with van der Waals surface area (Å²) < 4.78 is 11.9. The van der Waals surface area contributed by atoms with Crippen LogP contribution in [0.4, 0.5) is 11.4 Å². The molecule has 11 aromatic carbocycles. The molecule has 0 saturated heterocycles. The molecule has 0 unspecified atom stereocenters. The third-order valence-corrected chi connectivity index (χ3v) is 18.0. The molecule has 2 aliphatic carbocycles. The van der Waals surface area contributed by atoms with Gasteiger partial charge in [-0.2, -0.15) is 0 Å². The summed E-state index contributed by atoms with van der Waals surface area (Å²) in [6.45, 7) is 7.31. The predicted octanol–water partition coefficient (Wildman–Crippen LogP) is 19.9. The van der Waals surface area contributed by atoms with Gasteiger partial charge >= 0.3 is 0 Å². The third kappa shape index (κ3) is 6.59. The summed E-state index contributed by atoms with van der Waals surface area (Å²) in [4.78, 5) is 7.42. The summed E-state index contributed by atoms with van der Waals surface area (Å²) in [5.41, 5.74) is 20.3. The van der Waals surface area contributed by atoms with Crippen LogP contribution >= 0.6 is 0 Å². The molecule has 0 radical (unpaired) electrons. The van der Waals surface area contributed by atoms with Gasteiger partial charge in [-0.1, -0.05) is 209 Å². The van der Waals surface area contributed by atoms with E-state index >= 15 is 0 Å². The zero-order valence-electron chi connectivity index (χ0n) is 45.7. The van der Waals surface area contributed by atoms with E-state index in [1.54, 1.807) is 0 Å². The standard InChI is InChI=1S/C77H54N4O/c1-76(2,3)49-41-42-78-73(44-49)81-70-35-15-11-28-62(70)63-40-38-52(46-72(63)81)82-51-20-16-19-50(45-51)79-47-80-74-53(29-17-30-64(74)56-23-6-4-21-54(56)55-22-5-7-24-57(55)65-31-18-36-71(79)75(65)80)48-37-39-61-60-27-10-14-34-68(60)77(69(61)43-48)66-32-12-8-25-58(66)59-26-9-13-33-67(59)77/h4-46H,47H2,1-3H3. The first-order valence-corrected chi connectivity index (χ1v) is 28.5. The van der Waals surface area contributed by atoms with Gasteiger partial charge in [0.15, 0.2) is 0 Å². The Morgan fingerprint density at radius 3 is 1.62 bits per heavy atom. The number of hydrogen-bond acceptors (Lipinski definition) is 3. The van der Waals surface area contributed by atoms with Crippen LogP contribution in [0, 0.1) is 0 Å². The Balaban J connectivity index is 0.863. The maximum absolute atomic E-state index is 6.97. The van der Waals surface area contributed by atoms with E-state index in [0.29, 0.717) is 6.67 Å². The van der Waals surface area contributed by atoms with E-state index < -0.39 is 5.41 Å². The third-order valence-electron chi connectivity index (χ3n) is 18.0. The van der Waals surface area contributed by atoms with Crippen LogP contribution in [-0.4, -0.2) is 14.1 Å². The van der Waals surface area contributed by atoms with Crippen molar-refractivity contribution in [1.82, 2.24) is 14.1 Å². The van der Waals surface area contributed by atoms with Crippen LogP contribution in [0.5, 0.6) is 11.5 Å². The molecular weight excluding hydrogens is 997 g/mol. The highest BCUT2D eigenvalue weighted by molar-refractivity contribution is 6.22. The van der Waals surface area contributed by atoms with Crippen LogP contribution in [-0.2, 0) is 17.5 Å². The summed E-state index contributed by atoms with van der Waals surface area (Å²) in [5.74, 6) is 2.40. The molecule has 1 aliphatic heterocycles. The van der Waals surface area contributed by atoms with E-state index in [4.69, 9.17) is 9.72 Å². The lowest BCUT2D eigenvalue weighted by molar-refractivity contribution is 0.483. The normalized spacial score (nSPS) is 13.6. The number of fused-ring (bicyclic) bond motifs is 20. The van der Waals surface area contributed by atoms with Crippen LogP contribution in [0.15, 0.2) is 261 Å². The Bertz CT molecular complexity index is 5060. The summed E-state index contributed by atoms with van der Waals surface area (Å²) in [6.07, 6.45) is 1.93. The second-order valence-corrected chi connectivity index (χ2v) is 23.4. The lowest BCUT2D eigenvalue weighted by Gasteiger charge is -2.30. The van der Waals surface area contributed by atoms with Gasteiger partial charge in [0.05, 0.1) is 33.2 Å². The molecule has 3 aliphatic rings. The number of aromatic nitrogens is 3. The molecule has 5 nitrogen and oxygen atoms in total. The van der Waals surface area contributed by atoms with Crippen molar-refractivity contribution in [2.45, 2.75) is 38.3 Å². The molecule has 0 N–H and O–H groups in total. The van der Waals surface area contributed by atoms with Crippen molar-refractivity contribution >= 4 is 76.5 Å². The van der Waals surface area contributed by atoms with Crippen LogP contribution in [0.3, 0.4) is 0 Å². The summed E-state index contributed by atoms with van der Waals surface area (Å²) in [6, 6.07) is 94.4. The van der Waals surface area contributed by atoms with Gasteiger partial charge in [0.1, 0.15) is 24.0 Å². The number of anilines is 2. The number of ether oxygens (including phenoxy) is 1. The molecule has 0 bridgehead atoms. The Hall–Kier alpha value is -10.2. The lowest BCUT2D eigenvalue weighted by Crippen LogP contribution is -2.25. The van der Waals surface area contributed by atoms with Crippen molar-refractivity contribution in [1.29, 1.82) is 0 Å². The molecule has 82 heavy (non-hydrogen) atoms. The van der Waals surface area contributed by atoms with E-state index in [1.165, 1.54) is 110 Å². The van der Waals surface area contributed by atoms with E-state index in [-0.39, 0.29) is 5.41 Å². The lowest BCUT2D eigenvalue weighted by atomic mass is 9.70. The summed E-state index contributed by atoms with van der Waals surface area (Å²) in [7, 11) is 0. The van der Waals surface area contributed by atoms with E-state index in [0.717, 1.165) is 45.1 Å². The molecule has 5 heteroatoms. The number of rotatable bonds is 5. The van der Waals surface area contributed by atoms with E-state index in [1.807, 2.05) is 6.20 Å². The van der Waals surface area contributed by atoms with Gasteiger partial charge < -0.3 is 14.2 Å². The number of nitrogens with zero attached hydrogens (tertiary/aromatic N) is 4. The number of hydrogen-bond donors (Lipinski definition) is 0. The number of para-hydroxylation sites is 3. The second kappa shape index (κ2) is 17.4. The van der Waals surface area contributed by atoms with Crippen molar-refractivity contribution in [3.8, 4) is 50.7 Å². The smallest absolute Gasteiger partial charge is 0.137 e. The molecule has 4 heterocycles. The van der Waals surface area contributed by atoms with Gasteiger partial charge in [-0.25, -0.2) is 4.98 Å². The van der Waals surface area contributed by atoms with Gasteiger partial charge in [0.2, 0.25) is 0 Å². The van der Waals surface area contributed by atoms with Gasteiger partial charge in [-0.15, -0.1) is 0 Å². The molecule has 0 saturated carbocycles. The van der Waals surface area contributed by atoms with Crippen molar-refractivity contribution in [3.05, 3.63) is 289 Å². The van der Waals surface area contributed by atoms with Gasteiger partial charge in [0.25, 0.3) is 0 Å². The van der Waals surface area contributed by atoms with Crippen LogP contribution in [0.1, 0.15) is 48.6 Å². The maximum atomic E-state index is 6.97. The first kappa shape index (κ1) is 46.7. The first-order valence-electron chi connectivity index (χ1n) is 28.5. The first-order chi connectivity index (χ1) is 40.3. The highest BCUT2D eigenvalue weighted by Gasteiger charge is 2.51.